The average Bonchev–Trinajstić information content (AvgIpc) is 2.36. The van der Waals surface area contributed by atoms with E-state index >= 15 is 0 Å². The molecule has 0 amide bonds. The standard InChI is InChI=1S/C13H19N3O/c1-4-13(15,5-2)9-17-12-11(8-14)10(3)6-7-16-12/h6-7H,4-5,9,15H2,1-3H3. The Morgan fingerprint density at radius 1 is 1.47 bits per heavy atom. The van der Waals surface area contributed by atoms with Crippen LogP contribution in [0, 0.1) is 18.3 Å². The number of nitrogens with two attached hydrogens (primary N) is 1. The Bertz CT molecular complexity index is 419. The molecule has 0 saturated heterocycles. The van der Waals surface area contributed by atoms with Gasteiger partial charge in [-0.25, -0.2) is 4.98 Å². The minimum absolute atomic E-state index is 0.349. The van der Waals surface area contributed by atoms with Gasteiger partial charge in [-0.05, 0) is 31.4 Å². The van der Waals surface area contributed by atoms with Gasteiger partial charge in [-0.1, -0.05) is 13.8 Å². The van der Waals surface area contributed by atoms with Gasteiger partial charge in [0.1, 0.15) is 18.2 Å². The van der Waals surface area contributed by atoms with Gasteiger partial charge in [-0.15, -0.1) is 0 Å². The molecule has 92 valence electrons. The third-order valence-electron chi connectivity index (χ3n) is 3.14. The third-order valence-corrected chi connectivity index (χ3v) is 3.14. The smallest absolute Gasteiger partial charge is 0.231 e. The molecule has 1 aromatic heterocycles. The van der Waals surface area contributed by atoms with Crippen LogP contribution in [-0.2, 0) is 0 Å². The third kappa shape index (κ3) is 3.18. The summed E-state index contributed by atoms with van der Waals surface area (Å²) in [5.41, 5.74) is 7.15. The van der Waals surface area contributed by atoms with E-state index in [1.54, 1.807) is 12.3 Å². The van der Waals surface area contributed by atoms with Gasteiger partial charge >= 0.3 is 0 Å². The summed E-state index contributed by atoms with van der Waals surface area (Å²) < 4.78 is 5.60. The molecule has 0 aliphatic rings. The largest absolute Gasteiger partial charge is 0.475 e. The van der Waals surface area contributed by atoms with Crippen LogP contribution in [0.15, 0.2) is 12.3 Å². The molecular weight excluding hydrogens is 214 g/mol. The number of hydrogen-bond donors (Lipinski definition) is 1. The highest BCUT2D eigenvalue weighted by Gasteiger charge is 2.22. The highest BCUT2D eigenvalue weighted by molar-refractivity contribution is 5.43. The van der Waals surface area contributed by atoms with Crippen molar-refractivity contribution in [2.24, 2.45) is 5.73 Å². The predicted octanol–water partition coefficient (Wildman–Crippen LogP) is 2.16. The molecule has 0 atom stereocenters. The maximum Gasteiger partial charge on any atom is 0.231 e. The number of nitriles is 1. The molecule has 0 saturated carbocycles. The lowest BCUT2D eigenvalue weighted by Gasteiger charge is -2.26. The van der Waals surface area contributed by atoms with E-state index in [4.69, 9.17) is 15.7 Å². The molecule has 0 spiro atoms. The molecule has 0 unspecified atom stereocenters. The topological polar surface area (TPSA) is 71.9 Å². The Hall–Kier alpha value is -1.60. The van der Waals surface area contributed by atoms with E-state index in [0.717, 1.165) is 18.4 Å². The van der Waals surface area contributed by atoms with E-state index in [0.29, 0.717) is 18.1 Å². The lowest BCUT2D eigenvalue weighted by molar-refractivity contribution is 0.200. The van der Waals surface area contributed by atoms with Crippen LogP contribution in [0.1, 0.15) is 37.8 Å². The fourth-order valence-electron chi connectivity index (χ4n) is 1.44. The van der Waals surface area contributed by atoms with Crippen LogP contribution in [0.3, 0.4) is 0 Å². The molecule has 4 heteroatoms. The summed E-state index contributed by atoms with van der Waals surface area (Å²) in [6, 6.07) is 3.90. The second-order valence-electron chi connectivity index (χ2n) is 4.28. The van der Waals surface area contributed by atoms with Crippen molar-refractivity contribution in [1.29, 1.82) is 5.26 Å². The highest BCUT2D eigenvalue weighted by Crippen LogP contribution is 2.20. The quantitative estimate of drug-likeness (QED) is 0.845. The van der Waals surface area contributed by atoms with Gasteiger partial charge < -0.3 is 10.5 Å². The van der Waals surface area contributed by atoms with Crippen LogP contribution < -0.4 is 10.5 Å². The summed E-state index contributed by atoms with van der Waals surface area (Å²) in [6.07, 6.45) is 3.30. The number of rotatable bonds is 5. The summed E-state index contributed by atoms with van der Waals surface area (Å²) >= 11 is 0. The second kappa shape index (κ2) is 5.65. The van der Waals surface area contributed by atoms with Crippen molar-refractivity contribution in [3.8, 4) is 11.9 Å². The Morgan fingerprint density at radius 3 is 2.65 bits per heavy atom. The van der Waals surface area contributed by atoms with Gasteiger partial charge in [0.2, 0.25) is 5.88 Å². The Labute approximate surface area is 102 Å². The molecule has 1 heterocycles. The van der Waals surface area contributed by atoms with Gasteiger partial charge in [-0.2, -0.15) is 5.26 Å². The molecule has 2 N–H and O–H groups in total. The predicted molar refractivity (Wildman–Crippen MR) is 66.7 cm³/mol. The molecule has 0 aliphatic carbocycles. The molecule has 4 nitrogen and oxygen atoms in total. The van der Waals surface area contributed by atoms with Crippen molar-refractivity contribution in [2.75, 3.05) is 6.61 Å². The molecular formula is C13H19N3O. The zero-order valence-electron chi connectivity index (χ0n) is 10.7. The van der Waals surface area contributed by atoms with Crippen molar-refractivity contribution in [1.82, 2.24) is 4.98 Å². The van der Waals surface area contributed by atoms with E-state index in [1.165, 1.54) is 0 Å². The molecule has 17 heavy (non-hydrogen) atoms. The zero-order valence-corrected chi connectivity index (χ0v) is 10.7. The van der Waals surface area contributed by atoms with Crippen molar-refractivity contribution >= 4 is 0 Å². The molecule has 1 aromatic rings. The summed E-state index contributed by atoms with van der Waals surface area (Å²) in [7, 11) is 0. The van der Waals surface area contributed by atoms with Crippen molar-refractivity contribution < 1.29 is 4.74 Å². The van der Waals surface area contributed by atoms with E-state index in [2.05, 4.69) is 11.1 Å². The molecule has 0 radical (unpaired) electrons. The number of aryl methyl sites for hydroxylation is 1. The molecule has 0 aromatic carbocycles. The first-order chi connectivity index (χ1) is 8.06. The van der Waals surface area contributed by atoms with Crippen molar-refractivity contribution in [3.05, 3.63) is 23.4 Å². The van der Waals surface area contributed by atoms with Crippen molar-refractivity contribution in [3.63, 3.8) is 0 Å². The molecule has 1 rings (SSSR count). The van der Waals surface area contributed by atoms with Gasteiger partial charge in [0.25, 0.3) is 0 Å². The number of pyridine rings is 1. The van der Waals surface area contributed by atoms with Crippen LogP contribution in [0.5, 0.6) is 5.88 Å². The van der Waals surface area contributed by atoms with Gasteiger partial charge in [0, 0.05) is 11.7 Å². The fourth-order valence-corrected chi connectivity index (χ4v) is 1.44. The number of ether oxygens (including phenoxy) is 1. The normalized spacial score (nSPS) is 11.0. The molecule has 0 aliphatic heterocycles. The average molecular weight is 233 g/mol. The van der Waals surface area contributed by atoms with Gasteiger partial charge in [0.15, 0.2) is 0 Å². The summed E-state index contributed by atoms with van der Waals surface area (Å²) in [5, 5.41) is 9.04. The highest BCUT2D eigenvalue weighted by atomic mass is 16.5. The lowest BCUT2D eigenvalue weighted by atomic mass is 9.96. The second-order valence-corrected chi connectivity index (χ2v) is 4.28. The van der Waals surface area contributed by atoms with Gasteiger partial charge in [-0.3, -0.25) is 0 Å². The summed E-state index contributed by atoms with van der Waals surface area (Å²) in [4.78, 5) is 4.08. The number of nitrogens with zero attached hydrogens (tertiary/aromatic N) is 2. The van der Waals surface area contributed by atoms with Crippen LogP contribution >= 0.6 is 0 Å². The minimum atomic E-state index is -0.349. The first-order valence-corrected chi connectivity index (χ1v) is 5.83. The minimum Gasteiger partial charge on any atom is -0.475 e. The van der Waals surface area contributed by atoms with Crippen LogP contribution in [-0.4, -0.2) is 17.1 Å². The molecule has 0 fully saturated rings. The van der Waals surface area contributed by atoms with E-state index in [9.17, 15) is 0 Å². The Kier molecular flexibility index (Phi) is 4.47. The summed E-state index contributed by atoms with van der Waals surface area (Å²) in [5.74, 6) is 0.379. The van der Waals surface area contributed by atoms with E-state index in [-0.39, 0.29) is 5.54 Å². The van der Waals surface area contributed by atoms with E-state index < -0.39 is 0 Å². The van der Waals surface area contributed by atoms with Crippen LogP contribution in [0.4, 0.5) is 0 Å². The SMILES string of the molecule is CCC(N)(CC)COc1nccc(C)c1C#N. The maximum absolute atomic E-state index is 9.04. The number of hydrogen-bond acceptors (Lipinski definition) is 4. The first kappa shape index (κ1) is 13.5. The Morgan fingerprint density at radius 2 is 2.12 bits per heavy atom. The number of aromatic nitrogens is 1. The molecule has 0 bridgehead atoms. The van der Waals surface area contributed by atoms with Crippen LogP contribution in [0.25, 0.3) is 0 Å². The fraction of sp³-hybridized carbons (Fsp3) is 0.538. The van der Waals surface area contributed by atoms with Gasteiger partial charge in [0.05, 0.1) is 0 Å². The lowest BCUT2D eigenvalue weighted by Crippen LogP contribution is -2.44. The maximum atomic E-state index is 9.04. The monoisotopic (exact) mass is 233 g/mol. The van der Waals surface area contributed by atoms with E-state index in [1.807, 2.05) is 20.8 Å². The first-order valence-electron chi connectivity index (χ1n) is 5.83. The zero-order chi connectivity index (χ0) is 12.9. The van der Waals surface area contributed by atoms with Crippen LogP contribution in [0.2, 0.25) is 0 Å². The van der Waals surface area contributed by atoms with Crippen molar-refractivity contribution in [2.45, 2.75) is 39.2 Å². The Balaban J connectivity index is 2.83. The summed E-state index contributed by atoms with van der Waals surface area (Å²) in [6.45, 7) is 6.30.